The number of carboxylic acid groups (broad SMARTS) is 1. The Balaban J connectivity index is 4.06. The molecule has 0 heterocycles. The number of quaternary nitrogens is 1. The smallest absolute Gasteiger partial charge is 0.361 e. The number of esters is 2. The minimum Gasteiger partial charge on any atom is -0.477 e. The molecular formula is C86H146NO8+. The Hall–Kier alpha value is -4.83. The van der Waals surface area contributed by atoms with Gasteiger partial charge in [0.25, 0.3) is 6.29 Å². The normalized spacial score (nSPS) is 13.5. The molecule has 0 aliphatic rings. The lowest BCUT2D eigenvalue weighted by atomic mass is 10.0. The molecule has 0 aromatic rings. The summed E-state index contributed by atoms with van der Waals surface area (Å²) < 4.78 is 23.0. The van der Waals surface area contributed by atoms with Crippen LogP contribution >= 0.6 is 0 Å². The summed E-state index contributed by atoms with van der Waals surface area (Å²) >= 11 is 0. The number of likely N-dealkylation sites (N-methyl/N-ethyl adjacent to an activating group) is 1. The average molecular weight is 1320 g/mol. The van der Waals surface area contributed by atoms with Crippen LogP contribution in [0.2, 0.25) is 0 Å². The second-order valence-electron chi connectivity index (χ2n) is 26.9. The van der Waals surface area contributed by atoms with Crippen molar-refractivity contribution in [2.45, 2.75) is 334 Å². The second-order valence-corrected chi connectivity index (χ2v) is 26.9. The van der Waals surface area contributed by atoms with Crippen molar-refractivity contribution in [2.75, 3.05) is 47.5 Å². The quantitative estimate of drug-likeness (QED) is 0.0211. The van der Waals surface area contributed by atoms with E-state index in [9.17, 15) is 19.5 Å². The zero-order chi connectivity index (χ0) is 69.0. The van der Waals surface area contributed by atoms with E-state index < -0.39 is 24.3 Å². The number of rotatable bonds is 71. The SMILES string of the molecule is CC/C=C\C/C=C\C/C=C\C/C=C\C/C=C\C/C=C\CCCCCCCCCCCCCCCCCCC(=O)OCC(COC(OCC[N+](C)(C)C)C(=O)O)OC(=O)CCCCCCCCCCCCCCCCCC/C=C\C/C=C\C/C=C\C/C=C\C/C=C\C/C=C\CC. The molecule has 2 atom stereocenters. The summed E-state index contributed by atoms with van der Waals surface area (Å²) in [6.07, 6.45) is 107. The first-order chi connectivity index (χ1) is 46.6. The fourth-order valence-electron chi connectivity index (χ4n) is 10.7. The summed E-state index contributed by atoms with van der Waals surface area (Å²) in [7, 11) is 5.98. The Labute approximate surface area is 585 Å². The third-order valence-corrected chi connectivity index (χ3v) is 16.6. The van der Waals surface area contributed by atoms with Gasteiger partial charge in [0.15, 0.2) is 6.10 Å². The molecule has 95 heavy (non-hydrogen) atoms. The number of aliphatic carboxylic acids is 1. The van der Waals surface area contributed by atoms with Gasteiger partial charge in [0.05, 0.1) is 34.4 Å². The number of carbonyl (C=O) groups is 3. The maximum atomic E-state index is 13.0. The van der Waals surface area contributed by atoms with Crippen molar-refractivity contribution in [3.05, 3.63) is 146 Å². The van der Waals surface area contributed by atoms with Crippen molar-refractivity contribution in [3.63, 3.8) is 0 Å². The molecule has 0 saturated carbocycles. The third-order valence-electron chi connectivity index (χ3n) is 16.6. The Bertz CT molecular complexity index is 2080. The van der Waals surface area contributed by atoms with Crippen molar-refractivity contribution in [3.8, 4) is 0 Å². The number of nitrogens with zero attached hydrogens (tertiary/aromatic N) is 1. The van der Waals surface area contributed by atoms with Gasteiger partial charge < -0.3 is 28.5 Å². The van der Waals surface area contributed by atoms with E-state index in [0.717, 1.165) is 116 Å². The number of unbranched alkanes of at least 4 members (excludes halogenated alkanes) is 32. The van der Waals surface area contributed by atoms with E-state index in [-0.39, 0.29) is 32.2 Å². The molecule has 0 rings (SSSR count). The van der Waals surface area contributed by atoms with Crippen LogP contribution in [0.25, 0.3) is 0 Å². The van der Waals surface area contributed by atoms with Gasteiger partial charge in [0.1, 0.15) is 13.2 Å². The zero-order valence-electron chi connectivity index (χ0n) is 62.0. The molecule has 1 N–H and O–H groups in total. The van der Waals surface area contributed by atoms with Gasteiger partial charge in [-0.2, -0.15) is 0 Å². The number of carboxylic acids is 1. The van der Waals surface area contributed by atoms with Gasteiger partial charge in [-0.25, -0.2) is 4.79 Å². The van der Waals surface area contributed by atoms with E-state index in [1.807, 2.05) is 21.1 Å². The van der Waals surface area contributed by atoms with Crippen molar-refractivity contribution in [1.82, 2.24) is 0 Å². The molecule has 0 spiro atoms. The van der Waals surface area contributed by atoms with Crippen LogP contribution in [0.3, 0.4) is 0 Å². The minimum absolute atomic E-state index is 0.184. The van der Waals surface area contributed by atoms with Gasteiger partial charge in [0.2, 0.25) is 0 Å². The number of ether oxygens (including phenoxy) is 4. The van der Waals surface area contributed by atoms with E-state index >= 15 is 0 Å². The summed E-state index contributed by atoms with van der Waals surface area (Å²) in [5.74, 6) is -2.00. The van der Waals surface area contributed by atoms with Gasteiger partial charge in [0, 0.05) is 12.8 Å². The van der Waals surface area contributed by atoms with E-state index in [0.29, 0.717) is 17.4 Å². The molecular weight excluding hydrogens is 1170 g/mol. The summed E-state index contributed by atoms with van der Waals surface area (Å²) in [4.78, 5) is 37.7. The topological polar surface area (TPSA) is 108 Å². The van der Waals surface area contributed by atoms with Crippen LogP contribution in [0.15, 0.2) is 146 Å². The Kier molecular flexibility index (Phi) is 71.1. The molecule has 0 amide bonds. The lowest BCUT2D eigenvalue weighted by Gasteiger charge is -2.25. The van der Waals surface area contributed by atoms with Crippen LogP contribution < -0.4 is 0 Å². The fraction of sp³-hybridized carbons (Fsp3) is 0.686. The maximum Gasteiger partial charge on any atom is 0.361 e. The lowest BCUT2D eigenvalue weighted by molar-refractivity contribution is -0.870. The molecule has 542 valence electrons. The number of hydrogen-bond acceptors (Lipinski definition) is 7. The molecule has 0 saturated heterocycles. The first-order valence-corrected chi connectivity index (χ1v) is 39.0. The summed E-state index contributed by atoms with van der Waals surface area (Å²) in [6.45, 7) is 4.67. The number of carbonyl (C=O) groups excluding carboxylic acids is 2. The second kappa shape index (κ2) is 75.0. The Morgan fingerprint density at radius 3 is 0.842 bits per heavy atom. The highest BCUT2D eigenvalue weighted by molar-refractivity contribution is 5.71. The van der Waals surface area contributed by atoms with E-state index in [2.05, 4.69) is 160 Å². The van der Waals surface area contributed by atoms with Crippen LogP contribution in [0.5, 0.6) is 0 Å². The highest BCUT2D eigenvalue weighted by Gasteiger charge is 2.25. The van der Waals surface area contributed by atoms with Crippen LogP contribution in [0.4, 0.5) is 0 Å². The highest BCUT2D eigenvalue weighted by Crippen LogP contribution is 2.18. The van der Waals surface area contributed by atoms with Crippen LogP contribution in [0.1, 0.15) is 322 Å². The summed E-state index contributed by atoms with van der Waals surface area (Å²) in [5.41, 5.74) is 0. The Morgan fingerprint density at radius 1 is 0.316 bits per heavy atom. The van der Waals surface area contributed by atoms with E-state index in [1.165, 1.54) is 180 Å². The molecule has 0 aliphatic carbocycles. The van der Waals surface area contributed by atoms with Crippen LogP contribution in [-0.4, -0.2) is 87.4 Å². The minimum atomic E-state index is -1.52. The van der Waals surface area contributed by atoms with Gasteiger partial charge in [-0.15, -0.1) is 0 Å². The zero-order valence-corrected chi connectivity index (χ0v) is 62.0. The van der Waals surface area contributed by atoms with Crippen LogP contribution in [0, 0.1) is 0 Å². The van der Waals surface area contributed by atoms with Crippen molar-refractivity contribution in [1.29, 1.82) is 0 Å². The number of allylic oxidation sites excluding steroid dienone is 24. The van der Waals surface area contributed by atoms with Gasteiger partial charge in [-0.1, -0.05) is 339 Å². The van der Waals surface area contributed by atoms with Gasteiger partial charge in [-0.3, -0.25) is 9.59 Å². The molecule has 0 fully saturated rings. The van der Waals surface area contributed by atoms with Crippen molar-refractivity contribution >= 4 is 17.9 Å². The van der Waals surface area contributed by atoms with Gasteiger partial charge in [-0.05, 0) is 116 Å². The first-order valence-electron chi connectivity index (χ1n) is 39.0. The summed E-state index contributed by atoms with van der Waals surface area (Å²) in [6, 6.07) is 0. The molecule has 0 aromatic carbocycles. The third kappa shape index (κ3) is 76.4. The molecule has 0 aromatic heterocycles. The van der Waals surface area contributed by atoms with Gasteiger partial charge >= 0.3 is 17.9 Å². The van der Waals surface area contributed by atoms with Crippen molar-refractivity contribution in [2.24, 2.45) is 0 Å². The maximum absolute atomic E-state index is 13.0. The molecule has 2 unspecified atom stereocenters. The van der Waals surface area contributed by atoms with E-state index in [4.69, 9.17) is 18.9 Å². The molecule has 0 bridgehead atoms. The first kappa shape index (κ1) is 90.2. The molecule has 0 radical (unpaired) electrons. The standard InChI is InChI=1S/C86H145NO8/c1-6-8-10-12-14-16-18-20-22-24-26-28-30-32-34-36-38-40-42-44-46-48-50-52-54-56-58-60-62-64-66-68-70-72-74-76-83(88)93-80-82(81-94-86(85(90)91)92-79-78-87(3,4)5)95-84(89)77-75-73-71-69-67-65-63-61-59-57-55-53-51-49-47-45-43-41-39-37-35-33-31-29-27-25-23-21-19-17-15-13-11-9-7-2/h8-11,14-17,20-23,26-29,32-35,38-41,82,86H,6-7,12-13,18-19,24-25,30-31,36-37,42-81H2,1-5H3/p+1/b10-8-,11-9-,16-14-,17-15-,22-20-,23-21-,28-26-,29-27-,34-32-,35-33-,40-38-,41-39-. The highest BCUT2D eigenvalue weighted by atomic mass is 16.7. The largest absolute Gasteiger partial charge is 0.477 e. The Morgan fingerprint density at radius 2 is 0.568 bits per heavy atom. The average Bonchev–Trinajstić information content (AvgIpc) is 2.94. The van der Waals surface area contributed by atoms with Crippen molar-refractivity contribution < 1.29 is 42.9 Å². The fourth-order valence-corrected chi connectivity index (χ4v) is 10.7. The number of hydrogen-bond donors (Lipinski definition) is 1. The predicted octanol–water partition coefficient (Wildman–Crippen LogP) is 25.0. The molecule has 9 heteroatoms. The van der Waals surface area contributed by atoms with Crippen LogP contribution in [-0.2, 0) is 33.3 Å². The monoisotopic (exact) mass is 1320 g/mol. The molecule has 9 nitrogen and oxygen atoms in total. The summed E-state index contributed by atoms with van der Waals surface area (Å²) in [5, 5.41) is 9.77. The lowest BCUT2D eigenvalue weighted by Crippen LogP contribution is -2.40. The molecule has 0 aliphatic heterocycles. The van der Waals surface area contributed by atoms with E-state index in [1.54, 1.807) is 0 Å². The predicted molar refractivity (Wildman–Crippen MR) is 410 cm³/mol.